The summed E-state index contributed by atoms with van der Waals surface area (Å²) in [6, 6.07) is 37.2. The quantitative estimate of drug-likeness (QED) is 0.194. The summed E-state index contributed by atoms with van der Waals surface area (Å²) in [6.07, 6.45) is 0. The van der Waals surface area contributed by atoms with Crippen molar-refractivity contribution in [1.82, 2.24) is 10.6 Å². The molecular formula is C32H36N2O3. The van der Waals surface area contributed by atoms with Crippen molar-refractivity contribution in [1.29, 1.82) is 0 Å². The van der Waals surface area contributed by atoms with E-state index in [0.29, 0.717) is 26.4 Å². The first kappa shape index (κ1) is 26.4. The predicted molar refractivity (Wildman–Crippen MR) is 149 cm³/mol. The van der Waals surface area contributed by atoms with E-state index in [1.54, 1.807) is 0 Å². The molecule has 0 saturated heterocycles. The lowest BCUT2D eigenvalue weighted by Gasteiger charge is -2.10. The lowest BCUT2D eigenvalue weighted by Crippen LogP contribution is -2.13. The number of ether oxygens (including phenoxy) is 3. The van der Waals surface area contributed by atoms with Crippen LogP contribution in [-0.4, -0.2) is 26.4 Å². The van der Waals surface area contributed by atoms with Crippen molar-refractivity contribution in [3.05, 3.63) is 131 Å². The van der Waals surface area contributed by atoms with Crippen LogP contribution in [0.5, 0.6) is 11.5 Å². The third kappa shape index (κ3) is 10.1. The van der Waals surface area contributed by atoms with Gasteiger partial charge in [-0.1, -0.05) is 84.9 Å². The number of hydrogen-bond donors (Lipinski definition) is 2. The Morgan fingerprint density at radius 2 is 0.730 bits per heavy atom. The van der Waals surface area contributed by atoms with E-state index in [1.165, 1.54) is 22.3 Å². The van der Waals surface area contributed by atoms with Crippen molar-refractivity contribution < 1.29 is 14.2 Å². The standard InChI is InChI=1S/C32H36N2O3/c1-3-7-27(8-4-1)23-33-25-29-11-15-31(16-12-29)36-21-19-35-20-22-37-32-17-13-30(14-18-32)26-34-24-28-9-5-2-6-10-28/h1-18,33-34H,19-26H2. The number of nitrogens with one attached hydrogen (secondary N) is 2. The summed E-state index contributed by atoms with van der Waals surface area (Å²) in [4.78, 5) is 0. The van der Waals surface area contributed by atoms with Crippen LogP contribution in [0.25, 0.3) is 0 Å². The second kappa shape index (κ2) is 15.5. The Morgan fingerprint density at radius 1 is 0.378 bits per heavy atom. The van der Waals surface area contributed by atoms with E-state index in [9.17, 15) is 0 Å². The molecule has 0 aliphatic rings. The van der Waals surface area contributed by atoms with E-state index < -0.39 is 0 Å². The van der Waals surface area contributed by atoms with E-state index >= 15 is 0 Å². The third-order valence-corrected chi connectivity index (χ3v) is 5.84. The zero-order chi connectivity index (χ0) is 25.4. The summed E-state index contributed by atoms with van der Waals surface area (Å²) in [5.41, 5.74) is 5.03. The molecule has 0 heterocycles. The van der Waals surface area contributed by atoms with Gasteiger partial charge in [-0.15, -0.1) is 0 Å². The molecule has 4 rings (SSSR count). The van der Waals surface area contributed by atoms with Gasteiger partial charge in [0.25, 0.3) is 0 Å². The minimum Gasteiger partial charge on any atom is -0.491 e. The molecule has 4 aromatic carbocycles. The van der Waals surface area contributed by atoms with Gasteiger partial charge in [0.2, 0.25) is 0 Å². The lowest BCUT2D eigenvalue weighted by atomic mass is 10.2. The number of hydrogen-bond acceptors (Lipinski definition) is 5. The van der Waals surface area contributed by atoms with Gasteiger partial charge in [0.05, 0.1) is 13.2 Å². The fourth-order valence-electron chi connectivity index (χ4n) is 3.84. The van der Waals surface area contributed by atoms with Crippen LogP contribution in [0.1, 0.15) is 22.3 Å². The molecule has 0 atom stereocenters. The minimum absolute atomic E-state index is 0.510. The molecule has 0 amide bonds. The molecule has 0 radical (unpaired) electrons. The van der Waals surface area contributed by atoms with Crippen molar-refractivity contribution in [3.63, 3.8) is 0 Å². The van der Waals surface area contributed by atoms with E-state index in [-0.39, 0.29) is 0 Å². The molecule has 5 heteroatoms. The van der Waals surface area contributed by atoms with Gasteiger partial charge < -0.3 is 24.8 Å². The maximum Gasteiger partial charge on any atom is 0.119 e. The first-order chi connectivity index (χ1) is 18.3. The van der Waals surface area contributed by atoms with E-state index in [2.05, 4.69) is 83.4 Å². The van der Waals surface area contributed by atoms with E-state index in [0.717, 1.165) is 37.7 Å². The van der Waals surface area contributed by atoms with Gasteiger partial charge in [0.15, 0.2) is 0 Å². The average molecular weight is 497 g/mol. The zero-order valence-corrected chi connectivity index (χ0v) is 21.3. The number of rotatable bonds is 16. The van der Waals surface area contributed by atoms with Crippen LogP contribution >= 0.6 is 0 Å². The SMILES string of the molecule is c1ccc(CNCc2ccc(OCCOCCOc3ccc(CNCc4ccccc4)cc3)cc2)cc1. The van der Waals surface area contributed by atoms with Crippen LogP contribution in [0.15, 0.2) is 109 Å². The van der Waals surface area contributed by atoms with Gasteiger partial charge >= 0.3 is 0 Å². The molecule has 2 N–H and O–H groups in total. The van der Waals surface area contributed by atoms with E-state index in [1.807, 2.05) is 36.4 Å². The maximum absolute atomic E-state index is 5.78. The Balaban J connectivity index is 1.02. The smallest absolute Gasteiger partial charge is 0.119 e. The van der Waals surface area contributed by atoms with Crippen molar-refractivity contribution in [2.75, 3.05) is 26.4 Å². The van der Waals surface area contributed by atoms with Crippen molar-refractivity contribution >= 4 is 0 Å². The van der Waals surface area contributed by atoms with Gasteiger partial charge in [-0.3, -0.25) is 0 Å². The molecule has 0 fully saturated rings. The topological polar surface area (TPSA) is 51.8 Å². The first-order valence-corrected chi connectivity index (χ1v) is 12.9. The normalized spacial score (nSPS) is 10.8. The minimum atomic E-state index is 0.510. The molecule has 0 aromatic heterocycles. The lowest BCUT2D eigenvalue weighted by molar-refractivity contribution is 0.0764. The van der Waals surface area contributed by atoms with Gasteiger partial charge in [0.1, 0.15) is 24.7 Å². The first-order valence-electron chi connectivity index (χ1n) is 12.9. The largest absolute Gasteiger partial charge is 0.491 e. The summed E-state index contributed by atoms with van der Waals surface area (Å²) in [6.45, 7) is 5.44. The van der Waals surface area contributed by atoms with Gasteiger partial charge in [-0.25, -0.2) is 0 Å². The molecule has 37 heavy (non-hydrogen) atoms. The van der Waals surface area contributed by atoms with Gasteiger partial charge in [-0.2, -0.15) is 0 Å². The van der Waals surface area contributed by atoms with Crippen molar-refractivity contribution in [2.45, 2.75) is 26.2 Å². The third-order valence-electron chi connectivity index (χ3n) is 5.84. The van der Waals surface area contributed by atoms with Crippen LogP contribution in [-0.2, 0) is 30.9 Å². The highest BCUT2D eigenvalue weighted by Gasteiger charge is 1.99. The molecule has 4 aromatic rings. The maximum atomic E-state index is 5.78. The second-order valence-corrected chi connectivity index (χ2v) is 8.78. The molecule has 192 valence electrons. The Bertz CT molecular complexity index is 1040. The van der Waals surface area contributed by atoms with Gasteiger partial charge in [-0.05, 0) is 46.5 Å². The van der Waals surface area contributed by atoms with Gasteiger partial charge in [0, 0.05) is 26.2 Å². The van der Waals surface area contributed by atoms with Crippen molar-refractivity contribution in [3.8, 4) is 11.5 Å². The van der Waals surface area contributed by atoms with Crippen LogP contribution in [0.3, 0.4) is 0 Å². The van der Waals surface area contributed by atoms with Crippen LogP contribution in [0.4, 0.5) is 0 Å². The average Bonchev–Trinajstić information content (AvgIpc) is 2.95. The van der Waals surface area contributed by atoms with Crippen LogP contribution < -0.4 is 20.1 Å². The Kier molecular flexibility index (Phi) is 11.0. The fraction of sp³-hybridized carbons (Fsp3) is 0.250. The second-order valence-electron chi connectivity index (χ2n) is 8.78. The summed E-state index contributed by atoms with van der Waals surface area (Å²) in [5.74, 6) is 1.70. The molecule has 0 bridgehead atoms. The molecule has 0 aliphatic carbocycles. The summed E-state index contributed by atoms with van der Waals surface area (Å²) in [7, 11) is 0. The summed E-state index contributed by atoms with van der Waals surface area (Å²) >= 11 is 0. The Labute approximate surface area is 220 Å². The highest BCUT2D eigenvalue weighted by molar-refractivity contribution is 5.28. The molecular weight excluding hydrogens is 460 g/mol. The molecule has 0 aliphatic heterocycles. The molecule has 0 saturated carbocycles. The van der Waals surface area contributed by atoms with Crippen molar-refractivity contribution in [2.24, 2.45) is 0 Å². The Hall–Kier alpha value is -3.64. The number of benzene rings is 4. The highest BCUT2D eigenvalue weighted by atomic mass is 16.5. The molecule has 5 nitrogen and oxygen atoms in total. The Morgan fingerprint density at radius 3 is 1.11 bits per heavy atom. The highest BCUT2D eigenvalue weighted by Crippen LogP contribution is 2.13. The van der Waals surface area contributed by atoms with Crippen LogP contribution in [0.2, 0.25) is 0 Å². The zero-order valence-electron chi connectivity index (χ0n) is 21.3. The summed E-state index contributed by atoms with van der Waals surface area (Å²) in [5, 5.41) is 6.92. The van der Waals surface area contributed by atoms with E-state index in [4.69, 9.17) is 14.2 Å². The summed E-state index contributed by atoms with van der Waals surface area (Å²) < 4.78 is 17.2. The fourth-order valence-corrected chi connectivity index (χ4v) is 3.84. The molecule has 0 unspecified atom stereocenters. The van der Waals surface area contributed by atoms with Crippen LogP contribution in [0, 0.1) is 0 Å². The molecule has 0 spiro atoms. The predicted octanol–water partition coefficient (Wildman–Crippen LogP) is 5.74. The monoisotopic (exact) mass is 496 g/mol.